The monoisotopic (exact) mass is 182 g/mol. The van der Waals surface area contributed by atoms with E-state index in [1.807, 2.05) is 32.0 Å². The lowest BCUT2D eigenvalue weighted by Crippen LogP contribution is -1.78. The molecule has 74 valence electrons. The molecule has 0 spiro atoms. The standard InChI is InChI=1S/C7H8.C2H4O2.C2H6/c1-7-5-3-2-4-6-7;1-2(3)4;1-2/h2-6H,1H3;1H3,(H,3,4);1-2H3. The minimum absolute atomic E-state index is 0.833. The number of aryl methyl sites for hydroxylation is 1. The Morgan fingerprint density at radius 3 is 1.62 bits per heavy atom. The smallest absolute Gasteiger partial charge is 0.300 e. The van der Waals surface area contributed by atoms with Gasteiger partial charge in [0.25, 0.3) is 5.97 Å². The molecule has 0 heterocycles. The van der Waals surface area contributed by atoms with Gasteiger partial charge < -0.3 is 5.11 Å². The van der Waals surface area contributed by atoms with E-state index in [0.29, 0.717) is 0 Å². The molecule has 1 N–H and O–H groups in total. The van der Waals surface area contributed by atoms with E-state index in [1.54, 1.807) is 0 Å². The molecule has 2 nitrogen and oxygen atoms in total. The van der Waals surface area contributed by atoms with Crippen molar-refractivity contribution in [2.45, 2.75) is 27.7 Å². The lowest BCUT2D eigenvalue weighted by molar-refractivity contribution is -0.134. The van der Waals surface area contributed by atoms with Crippen molar-refractivity contribution in [3.8, 4) is 0 Å². The second kappa shape index (κ2) is 10.7. The van der Waals surface area contributed by atoms with E-state index in [9.17, 15) is 0 Å². The Morgan fingerprint density at radius 1 is 1.15 bits per heavy atom. The predicted molar refractivity (Wildman–Crippen MR) is 55.8 cm³/mol. The average Bonchev–Trinajstić information content (AvgIpc) is 2.08. The lowest BCUT2D eigenvalue weighted by atomic mass is 10.2. The molecule has 2 heteroatoms. The molecule has 0 saturated heterocycles. The highest BCUT2D eigenvalue weighted by Gasteiger charge is 1.72. The van der Waals surface area contributed by atoms with Gasteiger partial charge in [-0.25, -0.2) is 0 Å². The van der Waals surface area contributed by atoms with Crippen molar-refractivity contribution in [1.29, 1.82) is 0 Å². The topological polar surface area (TPSA) is 37.3 Å². The van der Waals surface area contributed by atoms with Gasteiger partial charge in [0.2, 0.25) is 0 Å². The Hall–Kier alpha value is -1.31. The molecule has 0 fully saturated rings. The van der Waals surface area contributed by atoms with Crippen LogP contribution >= 0.6 is 0 Å². The van der Waals surface area contributed by atoms with Crippen LogP contribution in [0.2, 0.25) is 0 Å². The summed E-state index contributed by atoms with van der Waals surface area (Å²) in [7, 11) is 0. The summed E-state index contributed by atoms with van der Waals surface area (Å²) >= 11 is 0. The lowest BCUT2D eigenvalue weighted by Gasteiger charge is -1.82. The van der Waals surface area contributed by atoms with E-state index < -0.39 is 5.97 Å². The summed E-state index contributed by atoms with van der Waals surface area (Å²) in [5.74, 6) is -0.833. The van der Waals surface area contributed by atoms with Crippen LogP contribution < -0.4 is 0 Å². The molecule has 0 aliphatic heterocycles. The summed E-state index contributed by atoms with van der Waals surface area (Å²) in [5, 5.41) is 7.42. The second-order valence-electron chi connectivity index (χ2n) is 2.17. The largest absolute Gasteiger partial charge is 0.481 e. The van der Waals surface area contributed by atoms with E-state index >= 15 is 0 Å². The second-order valence-corrected chi connectivity index (χ2v) is 2.17. The van der Waals surface area contributed by atoms with Crippen LogP contribution in [0.5, 0.6) is 0 Å². The average molecular weight is 182 g/mol. The Kier molecular flexibility index (Phi) is 11.7. The van der Waals surface area contributed by atoms with E-state index in [4.69, 9.17) is 9.90 Å². The quantitative estimate of drug-likeness (QED) is 0.669. The molecule has 0 radical (unpaired) electrons. The van der Waals surface area contributed by atoms with Crippen molar-refractivity contribution in [2.75, 3.05) is 0 Å². The minimum Gasteiger partial charge on any atom is -0.481 e. The van der Waals surface area contributed by atoms with Crippen LogP contribution in [-0.4, -0.2) is 11.1 Å². The third-order valence-electron chi connectivity index (χ3n) is 0.940. The maximum Gasteiger partial charge on any atom is 0.300 e. The first-order valence-corrected chi connectivity index (χ1v) is 4.34. The van der Waals surface area contributed by atoms with Gasteiger partial charge in [-0.2, -0.15) is 0 Å². The molecular formula is C11H18O2. The number of aliphatic carboxylic acids is 1. The zero-order valence-corrected chi connectivity index (χ0v) is 8.74. The molecule has 13 heavy (non-hydrogen) atoms. The van der Waals surface area contributed by atoms with Gasteiger partial charge in [0, 0.05) is 6.92 Å². The molecule has 0 aliphatic rings. The van der Waals surface area contributed by atoms with Crippen molar-refractivity contribution in [1.82, 2.24) is 0 Å². The number of carbonyl (C=O) groups is 1. The summed E-state index contributed by atoms with van der Waals surface area (Å²) in [4.78, 5) is 9.00. The number of benzene rings is 1. The molecule has 0 aliphatic carbocycles. The molecule has 0 atom stereocenters. The highest BCUT2D eigenvalue weighted by Crippen LogP contribution is 1.92. The molecule has 1 aromatic rings. The molecule has 1 rings (SSSR count). The zero-order chi connectivity index (χ0) is 10.7. The van der Waals surface area contributed by atoms with Crippen LogP contribution in [0, 0.1) is 6.92 Å². The van der Waals surface area contributed by atoms with E-state index in [1.165, 1.54) is 5.56 Å². The van der Waals surface area contributed by atoms with Crippen LogP contribution in [0.4, 0.5) is 0 Å². The van der Waals surface area contributed by atoms with Crippen molar-refractivity contribution in [3.05, 3.63) is 35.9 Å². The predicted octanol–water partition coefficient (Wildman–Crippen LogP) is 3.11. The molecule has 1 aromatic carbocycles. The molecule has 0 unspecified atom stereocenters. The number of hydrogen-bond donors (Lipinski definition) is 1. The Balaban J connectivity index is 0. The van der Waals surface area contributed by atoms with Gasteiger partial charge in [-0.3, -0.25) is 4.79 Å². The summed E-state index contributed by atoms with van der Waals surface area (Å²) in [6.07, 6.45) is 0. The molecule has 0 bridgehead atoms. The third-order valence-corrected chi connectivity index (χ3v) is 0.940. The first kappa shape index (κ1) is 14.2. The Bertz CT molecular complexity index is 201. The summed E-state index contributed by atoms with van der Waals surface area (Å²) in [5.41, 5.74) is 1.32. The summed E-state index contributed by atoms with van der Waals surface area (Å²) in [6, 6.07) is 10.3. The van der Waals surface area contributed by atoms with Crippen LogP contribution in [-0.2, 0) is 4.79 Å². The van der Waals surface area contributed by atoms with Gasteiger partial charge >= 0.3 is 0 Å². The SMILES string of the molecule is CC.CC(=O)O.Cc1ccccc1. The Morgan fingerprint density at radius 2 is 1.46 bits per heavy atom. The minimum atomic E-state index is -0.833. The first-order valence-electron chi connectivity index (χ1n) is 4.34. The van der Waals surface area contributed by atoms with Gasteiger partial charge in [0.05, 0.1) is 0 Å². The van der Waals surface area contributed by atoms with E-state index in [2.05, 4.69) is 19.1 Å². The summed E-state index contributed by atoms with van der Waals surface area (Å²) < 4.78 is 0. The number of carboxylic acid groups (broad SMARTS) is 1. The van der Waals surface area contributed by atoms with E-state index in [-0.39, 0.29) is 0 Å². The zero-order valence-electron chi connectivity index (χ0n) is 8.74. The molecule has 0 amide bonds. The highest BCUT2D eigenvalue weighted by molar-refractivity contribution is 5.62. The van der Waals surface area contributed by atoms with Gasteiger partial charge in [0.1, 0.15) is 0 Å². The maximum atomic E-state index is 9.00. The molecular weight excluding hydrogens is 164 g/mol. The number of carboxylic acids is 1. The molecule has 0 saturated carbocycles. The van der Waals surface area contributed by atoms with E-state index in [0.717, 1.165) is 6.92 Å². The van der Waals surface area contributed by atoms with Crippen molar-refractivity contribution in [2.24, 2.45) is 0 Å². The fourth-order valence-electron chi connectivity index (χ4n) is 0.534. The highest BCUT2D eigenvalue weighted by atomic mass is 16.4. The number of hydrogen-bond acceptors (Lipinski definition) is 1. The van der Waals surface area contributed by atoms with Gasteiger partial charge in [-0.1, -0.05) is 49.7 Å². The van der Waals surface area contributed by atoms with Crippen LogP contribution in [0.3, 0.4) is 0 Å². The van der Waals surface area contributed by atoms with Gasteiger partial charge in [-0.15, -0.1) is 0 Å². The van der Waals surface area contributed by atoms with Gasteiger partial charge in [-0.05, 0) is 6.92 Å². The fraction of sp³-hybridized carbons (Fsp3) is 0.364. The first-order chi connectivity index (χ1) is 6.13. The third kappa shape index (κ3) is 18.0. The van der Waals surface area contributed by atoms with Crippen LogP contribution in [0.25, 0.3) is 0 Å². The van der Waals surface area contributed by atoms with Crippen molar-refractivity contribution >= 4 is 5.97 Å². The normalized spacial score (nSPS) is 7.08. The maximum absolute atomic E-state index is 9.00. The Labute approximate surface area is 80.2 Å². The van der Waals surface area contributed by atoms with Crippen molar-refractivity contribution < 1.29 is 9.90 Å². The van der Waals surface area contributed by atoms with Gasteiger partial charge in [0.15, 0.2) is 0 Å². The van der Waals surface area contributed by atoms with Crippen molar-refractivity contribution in [3.63, 3.8) is 0 Å². The number of rotatable bonds is 0. The van der Waals surface area contributed by atoms with Crippen LogP contribution in [0.15, 0.2) is 30.3 Å². The van der Waals surface area contributed by atoms with Crippen LogP contribution in [0.1, 0.15) is 26.3 Å². The summed E-state index contributed by atoms with van der Waals surface area (Å²) in [6.45, 7) is 7.17. The fourth-order valence-corrected chi connectivity index (χ4v) is 0.534. The molecule has 0 aromatic heterocycles.